The third-order valence-corrected chi connectivity index (χ3v) is 4.88. The number of hydrogen-bond donors (Lipinski definition) is 3. The van der Waals surface area contributed by atoms with Gasteiger partial charge in [0.05, 0.1) is 6.04 Å². The molecule has 9 heteroatoms. The fourth-order valence-electron chi connectivity index (χ4n) is 3.29. The molecule has 1 aliphatic rings. The summed E-state index contributed by atoms with van der Waals surface area (Å²) in [4.78, 5) is 31.1. The molecule has 0 spiro atoms. The third-order valence-electron chi connectivity index (χ3n) is 4.88. The summed E-state index contributed by atoms with van der Waals surface area (Å²) < 4.78 is 20.4. The van der Waals surface area contributed by atoms with Gasteiger partial charge in [-0.3, -0.25) is 4.98 Å². The van der Waals surface area contributed by atoms with Gasteiger partial charge in [-0.05, 0) is 45.8 Å². The topological polar surface area (TPSA) is 101 Å². The quantitative estimate of drug-likeness (QED) is 0.663. The summed E-state index contributed by atoms with van der Waals surface area (Å²) in [5, 5.41) is 6.00. The maximum Gasteiger partial charge on any atom is 0.355 e. The van der Waals surface area contributed by atoms with Gasteiger partial charge >= 0.3 is 11.4 Å². The molecule has 0 aliphatic carbocycles. The first-order valence-electron chi connectivity index (χ1n) is 10.4. The minimum atomic E-state index is -0.616. The molecule has 1 saturated heterocycles. The predicted molar refractivity (Wildman–Crippen MR) is 116 cm³/mol. The van der Waals surface area contributed by atoms with E-state index in [0.29, 0.717) is 31.6 Å². The minimum Gasteiger partial charge on any atom is -0.381 e. The molecule has 166 valence electrons. The second-order valence-electron chi connectivity index (χ2n) is 7.23. The number of aryl methyl sites for hydroxylation is 1. The van der Waals surface area contributed by atoms with E-state index in [4.69, 9.17) is 4.74 Å². The van der Waals surface area contributed by atoms with Crippen LogP contribution in [0.25, 0.3) is 0 Å². The van der Waals surface area contributed by atoms with Crippen LogP contribution in [0.15, 0.2) is 27.8 Å². The summed E-state index contributed by atoms with van der Waals surface area (Å²) in [6.07, 6.45) is 1.20. The summed E-state index contributed by atoms with van der Waals surface area (Å²) >= 11 is 0. The molecule has 0 amide bonds. The Bertz CT molecular complexity index is 888. The normalized spacial score (nSPS) is 15.2. The number of halogens is 1. The average Bonchev–Trinajstić information content (AvgIpc) is 2.71. The third kappa shape index (κ3) is 6.50. The summed E-state index contributed by atoms with van der Waals surface area (Å²) in [7, 11) is 0. The van der Waals surface area contributed by atoms with E-state index >= 15 is 0 Å². The Kier molecular flexibility index (Phi) is 9.19. The van der Waals surface area contributed by atoms with E-state index < -0.39 is 17.4 Å². The molecular formula is C21H32FN5O3. The number of aromatic amines is 1. The predicted octanol–water partition coefficient (Wildman–Crippen LogP) is 2.52. The van der Waals surface area contributed by atoms with Gasteiger partial charge in [-0.2, -0.15) is 4.98 Å². The number of hydrogen-bond acceptors (Lipinski definition) is 6. The highest BCUT2D eigenvalue weighted by atomic mass is 19.1. The van der Waals surface area contributed by atoms with E-state index in [1.54, 1.807) is 19.1 Å². The number of anilines is 1. The van der Waals surface area contributed by atoms with Crippen molar-refractivity contribution in [3.05, 3.63) is 56.1 Å². The van der Waals surface area contributed by atoms with Gasteiger partial charge in [0.1, 0.15) is 5.82 Å². The molecule has 8 nitrogen and oxygen atoms in total. The lowest BCUT2D eigenvalue weighted by molar-refractivity contribution is 0.0670. The van der Waals surface area contributed by atoms with Crippen molar-refractivity contribution in [1.29, 1.82) is 0 Å². The summed E-state index contributed by atoms with van der Waals surface area (Å²) in [6, 6.07) is 4.12. The van der Waals surface area contributed by atoms with E-state index in [1.807, 2.05) is 6.92 Å². The SMILES string of the molecule is CCNCC.Cc1ccc(F)c([C@H](C)Nc2nc(=O)n(C3CCOCC3)c(=O)[nH]2)c1. The Balaban J connectivity index is 0.000000575. The van der Waals surface area contributed by atoms with Gasteiger partial charge in [0.25, 0.3) is 0 Å². The maximum atomic E-state index is 14.0. The second-order valence-corrected chi connectivity index (χ2v) is 7.23. The second kappa shape index (κ2) is 11.6. The maximum absolute atomic E-state index is 14.0. The molecule has 1 aliphatic heterocycles. The van der Waals surface area contributed by atoms with Crippen LogP contribution >= 0.6 is 0 Å². The molecule has 30 heavy (non-hydrogen) atoms. The van der Waals surface area contributed by atoms with Crippen molar-refractivity contribution in [3.63, 3.8) is 0 Å². The number of aromatic nitrogens is 3. The molecule has 0 unspecified atom stereocenters. The first kappa shape index (κ1) is 23.8. The van der Waals surface area contributed by atoms with Crippen LogP contribution in [0.5, 0.6) is 0 Å². The first-order chi connectivity index (χ1) is 14.4. The molecule has 3 rings (SSSR count). The van der Waals surface area contributed by atoms with Crippen LogP contribution < -0.4 is 22.0 Å². The van der Waals surface area contributed by atoms with Crippen LogP contribution in [0.1, 0.15) is 56.8 Å². The molecule has 0 radical (unpaired) electrons. The highest BCUT2D eigenvalue weighted by molar-refractivity contribution is 5.33. The van der Waals surface area contributed by atoms with Gasteiger partial charge < -0.3 is 15.4 Å². The molecule has 0 bridgehead atoms. The minimum absolute atomic E-state index is 0.0340. The smallest absolute Gasteiger partial charge is 0.355 e. The fourth-order valence-corrected chi connectivity index (χ4v) is 3.29. The Morgan fingerprint density at radius 3 is 2.50 bits per heavy atom. The molecule has 1 fully saturated rings. The van der Waals surface area contributed by atoms with Gasteiger partial charge in [0, 0.05) is 24.8 Å². The standard InChI is InChI=1S/C17H21FN4O3.C4H11N/c1-10-3-4-14(18)13(9-10)11(2)19-15-20-16(23)22(17(24)21-15)12-5-7-25-8-6-12;1-3-5-4-2/h3-4,9,11-12H,5-8H2,1-2H3,(H2,19,20,21,23,24);5H,3-4H2,1-2H3/t11-;/m0./s1. The lowest BCUT2D eigenvalue weighted by atomic mass is 10.1. The molecule has 2 heterocycles. The number of nitrogens with zero attached hydrogens (tertiary/aromatic N) is 2. The Morgan fingerprint density at radius 1 is 1.27 bits per heavy atom. The number of nitrogens with one attached hydrogen (secondary N) is 3. The Morgan fingerprint density at radius 2 is 1.93 bits per heavy atom. The first-order valence-corrected chi connectivity index (χ1v) is 10.4. The van der Waals surface area contributed by atoms with E-state index in [-0.39, 0.29) is 17.8 Å². The van der Waals surface area contributed by atoms with Crippen molar-refractivity contribution in [3.8, 4) is 0 Å². The van der Waals surface area contributed by atoms with Crippen molar-refractivity contribution >= 4 is 5.95 Å². The zero-order valence-corrected chi connectivity index (χ0v) is 18.1. The van der Waals surface area contributed by atoms with E-state index in [9.17, 15) is 14.0 Å². The average molecular weight is 422 g/mol. The van der Waals surface area contributed by atoms with Crippen molar-refractivity contribution in [2.75, 3.05) is 31.6 Å². The van der Waals surface area contributed by atoms with Crippen LogP contribution in [0.2, 0.25) is 0 Å². The van der Waals surface area contributed by atoms with Crippen molar-refractivity contribution < 1.29 is 9.13 Å². The molecular weight excluding hydrogens is 389 g/mol. The number of ether oxygens (including phenoxy) is 1. The number of rotatable bonds is 6. The Labute approximate surface area is 175 Å². The molecule has 0 saturated carbocycles. The molecule has 2 aromatic rings. The van der Waals surface area contributed by atoms with Crippen molar-refractivity contribution in [2.45, 2.75) is 52.6 Å². The van der Waals surface area contributed by atoms with Crippen LogP contribution in [-0.2, 0) is 4.74 Å². The lowest BCUT2D eigenvalue weighted by Gasteiger charge is -2.23. The van der Waals surface area contributed by atoms with Gasteiger partial charge in [-0.1, -0.05) is 31.5 Å². The van der Waals surface area contributed by atoms with Gasteiger partial charge in [-0.15, -0.1) is 0 Å². The van der Waals surface area contributed by atoms with E-state index in [2.05, 4.69) is 34.4 Å². The molecule has 1 aromatic heterocycles. The van der Waals surface area contributed by atoms with Crippen molar-refractivity contribution in [2.24, 2.45) is 0 Å². The highest BCUT2D eigenvalue weighted by Gasteiger charge is 2.21. The Hall–Kier alpha value is -2.52. The van der Waals surface area contributed by atoms with Gasteiger partial charge in [0.15, 0.2) is 0 Å². The number of benzene rings is 1. The zero-order valence-electron chi connectivity index (χ0n) is 18.1. The molecule has 3 N–H and O–H groups in total. The molecule has 1 aromatic carbocycles. The summed E-state index contributed by atoms with van der Waals surface area (Å²) in [6.45, 7) is 11.0. The van der Waals surface area contributed by atoms with Crippen LogP contribution in [0.4, 0.5) is 10.3 Å². The van der Waals surface area contributed by atoms with E-state index in [1.165, 1.54) is 6.07 Å². The van der Waals surface area contributed by atoms with E-state index in [0.717, 1.165) is 23.2 Å². The van der Waals surface area contributed by atoms with Crippen LogP contribution in [0.3, 0.4) is 0 Å². The monoisotopic (exact) mass is 421 g/mol. The van der Waals surface area contributed by atoms with Gasteiger partial charge in [-0.25, -0.2) is 18.5 Å². The lowest BCUT2D eigenvalue weighted by Crippen LogP contribution is -2.42. The van der Waals surface area contributed by atoms with Gasteiger partial charge in [0.2, 0.25) is 5.95 Å². The largest absolute Gasteiger partial charge is 0.381 e. The fraction of sp³-hybridized carbons (Fsp3) is 0.571. The summed E-state index contributed by atoms with van der Waals surface area (Å²) in [5.74, 6) is -0.324. The summed E-state index contributed by atoms with van der Waals surface area (Å²) in [5.41, 5.74) is 0.221. The molecule has 1 atom stereocenters. The van der Waals surface area contributed by atoms with Crippen LogP contribution in [-0.4, -0.2) is 40.8 Å². The highest BCUT2D eigenvalue weighted by Crippen LogP contribution is 2.21. The van der Waals surface area contributed by atoms with Crippen LogP contribution in [0, 0.1) is 12.7 Å². The van der Waals surface area contributed by atoms with Crippen molar-refractivity contribution in [1.82, 2.24) is 19.9 Å². The number of H-pyrrole nitrogens is 1. The zero-order chi connectivity index (χ0) is 22.1.